The molecule has 0 aromatic rings. The lowest BCUT2D eigenvalue weighted by Crippen LogP contribution is -1.99. The SMILES string of the molecule is CCCCCC1=CC(CCCl)CC1=O. The van der Waals surface area contributed by atoms with Crippen molar-refractivity contribution in [1.82, 2.24) is 0 Å². The van der Waals surface area contributed by atoms with Crippen LogP contribution in [0.15, 0.2) is 11.6 Å². The van der Waals surface area contributed by atoms with E-state index in [1.165, 1.54) is 12.8 Å². The van der Waals surface area contributed by atoms with Gasteiger partial charge in [0.15, 0.2) is 5.78 Å². The average molecular weight is 215 g/mol. The Bertz CT molecular complexity index is 220. The van der Waals surface area contributed by atoms with Gasteiger partial charge < -0.3 is 0 Å². The van der Waals surface area contributed by atoms with Gasteiger partial charge in [-0.2, -0.15) is 0 Å². The Morgan fingerprint density at radius 1 is 1.50 bits per heavy atom. The quantitative estimate of drug-likeness (QED) is 0.487. The number of alkyl halides is 1. The second-order valence-electron chi connectivity index (χ2n) is 4.01. The van der Waals surface area contributed by atoms with Crippen LogP contribution >= 0.6 is 11.6 Å². The first-order valence-electron chi connectivity index (χ1n) is 5.57. The van der Waals surface area contributed by atoms with Crippen molar-refractivity contribution in [2.75, 3.05) is 5.88 Å². The molecular formula is C12H19ClO. The van der Waals surface area contributed by atoms with Crippen molar-refractivity contribution in [3.8, 4) is 0 Å². The lowest BCUT2D eigenvalue weighted by molar-refractivity contribution is -0.115. The zero-order valence-corrected chi connectivity index (χ0v) is 9.65. The first-order chi connectivity index (χ1) is 6.77. The molecule has 0 fully saturated rings. The number of halogens is 1. The normalized spacial score (nSPS) is 21.4. The fourth-order valence-corrected chi connectivity index (χ4v) is 2.20. The van der Waals surface area contributed by atoms with E-state index in [2.05, 4.69) is 13.0 Å². The summed E-state index contributed by atoms with van der Waals surface area (Å²) in [6.07, 6.45) is 8.38. The van der Waals surface area contributed by atoms with Gasteiger partial charge in [-0.25, -0.2) is 0 Å². The number of rotatable bonds is 6. The number of carbonyl (C=O) groups excluding carboxylic acids is 1. The number of hydrogen-bond acceptors (Lipinski definition) is 1. The number of Topliss-reactive ketones (excluding diaryl/α,β-unsaturated/α-hetero) is 1. The molecule has 1 aliphatic carbocycles. The Morgan fingerprint density at radius 3 is 2.93 bits per heavy atom. The van der Waals surface area contributed by atoms with Crippen LogP contribution in [0.4, 0.5) is 0 Å². The summed E-state index contributed by atoms with van der Waals surface area (Å²) in [6.45, 7) is 2.18. The minimum Gasteiger partial charge on any atom is -0.295 e. The van der Waals surface area contributed by atoms with Crippen molar-refractivity contribution in [3.05, 3.63) is 11.6 Å². The fraction of sp³-hybridized carbons (Fsp3) is 0.750. The number of hydrogen-bond donors (Lipinski definition) is 0. The summed E-state index contributed by atoms with van der Waals surface area (Å²) in [4.78, 5) is 11.5. The molecule has 0 bridgehead atoms. The van der Waals surface area contributed by atoms with E-state index in [0.717, 1.165) is 24.8 Å². The van der Waals surface area contributed by atoms with E-state index in [1.54, 1.807) is 0 Å². The fourth-order valence-electron chi connectivity index (χ4n) is 1.92. The lowest BCUT2D eigenvalue weighted by Gasteiger charge is -1.99. The Balaban J connectivity index is 2.35. The smallest absolute Gasteiger partial charge is 0.159 e. The summed E-state index contributed by atoms with van der Waals surface area (Å²) < 4.78 is 0. The molecule has 0 saturated heterocycles. The molecule has 0 aromatic carbocycles. The van der Waals surface area contributed by atoms with E-state index >= 15 is 0 Å². The van der Waals surface area contributed by atoms with Crippen LogP contribution in [-0.4, -0.2) is 11.7 Å². The highest BCUT2D eigenvalue weighted by Gasteiger charge is 2.22. The summed E-state index contributed by atoms with van der Waals surface area (Å²) in [7, 11) is 0. The summed E-state index contributed by atoms with van der Waals surface area (Å²) in [5, 5.41) is 0. The molecule has 0 aliphatic heterocycles. The van der Waals surface area contributed by atoms with Gasteiger partial charge in [0.1, 0.15) is 0 Å². The van der Waals surface area contributed by atoms with Gasteiger partial charge in [-0.3, -0.25) is 4.79 Å². The summed E-state index contributed by atoms with van der Waals surface area (Å²) in [5.74, 6) is 1.45. The number of allylic oxidation sites excluding steroid dienone is 2. The van der Waals surface area contributed by atoms with E-state index in [0.29, 0.717) is 24.0 Å². The second kappa shape index (κ2) is 6.23. The van der Waals surface area contributed by atoms with Crippen LogP contribution < -0.4 is 0 Å². The third-order valence-corrected chi connectivity index (χ3v) is 2.99. The minimum atomic E-state index is 0.358. The minimum absolute atomic E-state index is 0.358. The molecule has 0 spiro atoms. The zero-order chi connectivity index (χ0) is 10.4. The van der Waals surface area contributed by atoms with Crippen molar-refractivity contribution in [1.29, 1.82) is 0 Å². The van der Waals surface area contributed by atoms with Crippen molar-refractivity contribution in [2.45, 2.75) is 45.4 Å². The molecule has 80 valence electrons. The molecule has 0 heterocycles. The molecule has 0 amide bonds. The predicted molar refractivity (Wildman–Crippen MR) is 60.7 cm³/mol. The van der Waals surface area contributed by atoms with Crippen molar-refractivity contribution in [3.63, 3.8) is 0 Å². The summed E-state index contributed by atoms with van der Waals surface area (Å²) in [5.41, 5.74) is 1.06. The predicted octanol–water partition coefficient (Wildman–Crippen LogP) is 3.71. The molecule has 2 heteroatoms. The van der Waals surface area contributed by atoms with Crippen LogP contribution in [0.5, 0.6) is 0 Å². The number of unbranched alkanes of at least 4 members (excludes halogenated alkanes) is 2. The molecule has 1 nitrogen and oxygen atoms in total. The first kappa shape index (κ1) is 11.8. The summed E-state index contributed by atoms with van der Waals surface area (Å²) in [6, 6.07) is 0. The van der Waals surface area contributed by atoms with Crippen LogP contribution in [0, 0.1) is 5.92 Å². The van der Waals surface area contributed by atoms with Gasteiger partial charge in [-0.05, 0) is 30.8 Å². The molecule has 0 saturated carbocycles. The van der Waals surface area contributed by atoms with Gasteiger partial charge in [-0.15, -0.1) is 11.6 Å². The highest BCUT2D eigenvalue weighted by molar-refractivity contribution is 6.17. The third kappa shape index (κ3) is 3.45. The van der Waals surface area contributed by atoms with Gasteiger partial charge >= 0.3 is 0 Å². The number of carbonyl (C=O) groups is 1. The van der Waals surface area contributed by atoms with Gasteiger partial charge in [0, 0.05) is 12.3 Å². The van der Waals surface area contributed by atoms with Crippen LogP contribution in [0.2, 0.25) is 0 Å². The maximum atomic E-state index is 11.5. The average Bonchev–Trinajstić information content (AvgIpc) is 2.48. The molecule has 1 atom stereocenters. The second-order valence-corrected chi connectivity index (χ2v) is 4.39. The van der Waals surface area contributed by atoms with E-state index in [1.807, 2.05) is 0 Å². The van der Waals surface area contributed by atoms with E-state index in [-0.39, 0.29) is 0 Å². The monoisotopic (exact) mass is 214 g/mol. The summed E-state index contributed by atoms with van der Waals surface area (Å²) >= 11 is 5.66. The van der Waals surface area contributed by atoms with Crippen molar-refractivity contribution in [2.24, 2.45) is 5.92 Å². The molecule has 1 unspecified atom stereocenters. The Morgan fingerprint density at radius 2 is 2.29 bits per heavy atom. The van der Waals surface area contributed by atoms with Gasteiger partial charge in [0.2, 0.25) is 0 Å². The Labute approximate surface area is 91.5 Å². The molecule has 1 aliphatic rings. The van der Waals surface area contributed by atoms with Crippen molar-refractivity contribution >= 4 is 17.4 Å². The van der Waals surface area contributed by atoms with E-state index < -0.39 is 0 Å². The topological polar surface area (TPSA) is 17.1 Å². The van der Waals surface area contributed by atoms with Crippen LogP contribution in [0.25, 0.3) is 0 Å². The molecule has 14 heavy (non-hydrogen) atoms. The lowest BCUT2D eigenvalue weighted by atomic mass is 10.1. The molecule has 0 aromatic heterocycles. The highest BCUT2D eigenvalue weighted by atomic mass is 35.5. The first-order valence-corrected chi connectivity index (χ1v) is 6.11. The van der Waals surface area contributed by atoms with Crippen LogP contribution in [-0.2, 0) is 4.79 Å². The standard InChI is InChI=1S/C12H19ClO/c1-2-3-4-5-11-8-10(6-7-13)9-12(11)14/h8,10H,2-7,9H2,1H3. The maximum absolute atomic E-state index is 11.5. The highest BCUT2D eigenvalue weighted by Crippen LogP contribution is 2.27. The van der Waals surface area contributed by atoms with Crippen molar-refractivity contribution < 1.29 is 4.79 Å². The van der Waals surface area contributed by atoms with Gasteiger partial charge in [0.25, 0.3) is 0 Å². The maximum Gasteiger partial charge on any atom is 0.159 e. The van der Waals surface area contributed by atoms with Crippen LogP contribution in [0.1, 0.15) is 45.4 Å². The molecule has 0 radical (unpaired) electrons. The zero-order valence-electron chi connectivity index (χ0n) is 8.89. The van der Waals surface area contributed by atoms with E-state index in [4.69, 9.17) is 11.6 Å². The largest absolute Gasteiger partial charge is 0.295 e. The van der Waals surface area contributed by atoms with E-state index in [9.17, 15) is 4.79 Å². The Kier molecular flexibility index (Phi) is 5.24. The molecule has 1 rings (SSSR count). The van der Waals surface area contributed by atoms with Gasteiger partial charge in [0.05, 0.1) is 0 Å². The number of ketones is 1. The van der Waals surface area contributed by atoms with Crippen LogP contribution in [0.3, 0.4) is 0 Å². The van der Waals surface area contributed by atoms with Gasteiger partial charge in [-0.1, -0.05) is 25.8 Å². The third-order valence-electron chi connectivity index (χ3n) is 2.77. The Hall–Kier alpha value is -0.300. The molecular weight excluding hydrogens is 196 g/mol. The molecule has 0 N–H and O–H groups in total.